The molecule has 112 valence electrons. The Morgan fingerprint density at radius 2 is 2.33 bits per heavy atom. The highest BCUT2D eigenvalue weighted by Crippen LogP contribution is 2.25. The fraction of sp³-hybridized carbons (Fsp3) is 0.471. The molecule has 1 aliphatic heterocycles. The molecule has 4 nitrogen and oxygen atoms in total. The highest BCUT2D eigenvalue weighted by molar-refractivity contribution is 5.94. The molecule has 2 N–H and O–H groups in total. The molecule has 1 atom stereocenters. The van der Waals surface area contributed by atoms with Gasteiger partial charge in [0.1, 0.15) is 0 Å². The maximum atomic E-state index is 12.6. The van der Waals surface area contributed by atoms with Gasteiger partial charge in [-0.2, -0.15) is 0 Å². The van der Waals surface area contributed by atoms with E-state index in [0.717, 1.165) is 24.9 Å². The van der Waals surface area contributed by atoms with Crippen LogP contribution in [0, 0.1) is 11.8 Å². The lowest BCUT2D eigenvalue weighted by atomic mass is 9.94. The second-order valence-corrected chi connectivity index (χ2v) is 5.57. The number of methoxy groups -OCH3 is 1. The quantitative estimate of drug-likeness (QED) is 0.841. The van der Waals surface area contributed by atoms with Gasteiger partial charge in [-0.1, -0.05) is 17.9 Å². The van der Waals surface area contributed by atoms with Crippen molar-refractivity contribution in [2.45, 2.75) is 25.4 Å². The molecule has 2 rings (SSSR count). The first-order valence-corrected chi connectivity index (χ1v) is 7.21. The first kappa shape index (κ1) is 15.6. The molecule has 1 aromatic rings. The van der Waals surface area contributed by atoms with Crippen molar-refractivity contribution in [1.82, 2.24) is 4.90 Å². The van der Waals surface area contributed by atoms with Crippen LogP contribution in [0.1, 0.15) is 35.7 Å². The highest BCUT2D eigenvalue weighted by Gasteiger charge is 2.33. The van der Waals surface area contributed by atoms with Crippen LogP contribution in [0.3, 0.4) is 0 Å². The Hall–Kier alpha value is -1.83. The van der Waals surface area contributed by atoms with Crippen molar-refractivity contribution >= 4 is 5.91 Å². The molecule has 1 aliphatic rings. The van der Waals surface area contributed by atoms with Crippen molar-refractivity contribution in [2.75, 3.05) is 26.7 Å². The minimum atomic E-state index is -0.245. The molecule has 0 spiro atoms. The fourth-order valence-electron chi connectivity index (χ4n) is 2.61. The van der Waals surface area contributed by atoms with E-state index in [0.29, 0.717) is 18.7 Å². The molecule has 1 unspecified atom stereocenters. The van der Waals surface area contributed by atoms with Gasteiger partial charge >= 0.3 is 0 Å². The van der Waals surface area contributed by atoms with Crippen LogP contribution in [0.25, 0.3) is 0 Å². The molecule has 0 bridgehead atoms. The molecule has 0 saturated carbocycles. The van der Waals surface area contributed by atoms with E-state index in [2.05, 4.69) is 18.8 Å². The lowest BCUT2D eigenvalue weighted by Gasteiger charge is -2.39. The summed E-state index contributed by atoms with van der Waals surface area (Å²) in [5.74, 6) is 5.80. The summed E-state index contributed by atoms with van der Waals surface area (Å²) in [5, 5.41) is 0. The second-order valence-electron chi connectivity index (χ2n) is 5.57. The number of carbonyl (C=O) groups is 1. The maximum absolute atomic E-state index is 12.6. The van der Waals surface area contributed by atoms with Crippen molar-refractivity contribution in [2.24, 2.45) is 5.73 Å². The number of benzene rings is 1. The normalized spacial score (nSPS) is 21.6. The number of likely N-dealkylation sites (tertiary alicyclic amines) is 1. The zero-order valence-corrected chi connectivity index (χ0v) is 12.7. The summed E-state index contributed by atoms with van der Waals surface area (Å²) in [6.45, 7) is 3.77. The maximum Gasteiger partial charge on any atom is 0.253 e. The zero-order valence-electron chi connectivity index (χ0n) is 12.7. The van der Waals surface area contributed by atoms with Gasteiger partial charge in [-0.3, -0.25) is 4.79 Å². The Labute approximate surface area is 126 Å². The Morgan fingerprint density at radius 3 is 3.05 bits per heavy atom. The topological polar surface area (TPSA) is 55.6 Å². The lowest BCUT2D eigenvalue weighted by Crippen LogP contribution is -2.49. The lowest BCUT2D eigenvalue weighted by molar-refractivity contribution is -0.0440. The molecule has 0 radical (unpaired) electrons. The van der Waals surface area contributed by atoms with Crippen LogP contribution in [0.4, 0.5) is 0 Å². The average Bonchev–Trinajstić information content (AvgIpc) is 2.52. The Balaban J connectivity index is 2.16. The highest BCUT2D eigenvalue weighted by atomic mass is 16.5. The fourth-order valence-corrected chi connectivity index (χ4v) is 2.61. The van der Waals surface area contributed by atoms with Gasteiger partial charge in [-0.25, -0.2) is 0 Å². The minimum absolute atomic E-state index is 0.0365. The van der Waals surface area contributed by atoms with E-state index >= 15 is 0 Å². The first-order chi connectivity index (χ1) is 10.1. The second kappa shape index (κ2) is 6.75. The van der Waals surface area contributed by atoms with E-state index in [4.69, 9.17) is 10.5 Å². The van der Waals surface area contributed by atoms with Crippen LogP contribution in [0.5, 0.6) is 0 Å². The van der Waals surface area contributed by atoms with Crippen LogP contribution in [-0.2, 0) is 4.74 Å². The number of rotatable bonds is 2. The van der Waals surface area contributed by atoms with E-state index < -0.39 is 0 Å². The van der Waals surface area contributed by atoms with Crippen LogP contribution >= 0.6 is 0 Å². The van der Waals surface area contributed by atoms with Crippen LogP contribution in [-0.4, -0.2) is 43.2 Å². The summed E-state index contributed by atoms with van der Waals surface area (Å²) in [6, 6.07) is 7.39. The molecular formula is C17H22N2O2. The zero-order chi connectivity index (χ0) is 15.3. The monoisotopic (exact) mass is 286 g/mol. The van der Waals surface area contributed by atoms with Gasteiger partial charge in [0.15, 0.2) is 0 Å². The Bertz CT molecular complexity index is 574. The summed E-state index contributed by atoms with van der Waals surface area (Å²) >= 11 is 0. The third-order valence-electron chi connectivity index (χ3n) is 3.88. The molecule has 0 aliphatic carbocycles. The SMILES string of the molecule is COC1(C)CCCN(C(=O)c2cccc(C#CCN)c2)C1. The number of ether oxygens (including phenoxy) is 1. The molecule has 1 heterocycles. The summed E-state index contributed by atoms with van der Waals surface area (Å²) in [7, 11) is 1.71. The van der Waals surface area contributed by atoms with Crippen molar-refractivity contribution in [1.29, 1.82) is 0 Å². The average molecular weight is 286 g/mol. The molecule has 0 aromatic heterocycles. The third-order valence-corrected chi connectivity index (χ3v) is 3.88. The minimum Gasteiger partial charge on any atom is -0.377 e. The molecule has 1 fully saturated rings. The number of piperidine rings is 1. The molecular weight excluding hydrogens is 264 g/mol. The van der Waals surface area contributed by atoms with E-state index in [1.165, 1.54) is 0 Å². The Morgan fingerprint density at radius 1 is 1.52 bits per heavy atom. The van der Waals surface area contributed by atoms with E-state index in [9.17, 15) is 4.79 Å². The van der Waals surface area contributed by atoms with Crippen molar-refractivity contribution in [3.05, 3.63) is 35.4 Å². The van der Waals surface area contributed by atoms with Crippen molar-refractivity contribution < 1.29 is 9.53 Å². The molecule has 21 heavy (non-hydrogen) atoms. The number of nitrogens with zero attached hydrogens (tertiary/aromatic N) is 1. The molecule has 1 amide bonds. The van der Waals surface area contributed by atoms with E-state index in [1.807, 2.05) is 29.2 Å². The van der Waals surface area contributed by atoms with Gasteiger partial charge in [0.05, 0.1) is 12.1 Å². The van der Waals surface area contributed by atoms with Gasteiger partial charge in [0.25, 0.3) is 5.91 Å². The third kappa shape index (κ3) is 3.84. The van der Waals surface area contributed by atoms with Crippen LogP contribution in [0.15, 0.2) is 24.3 Å². The standard InChI is InChI=1S/C17H22N2O2/c1-17(21-2)9-5-11-19(13-17)16(20)15-8-3-6-14(12-15)7-4-10-18/h3,6,8,12H,5,9-11,13,18H2,1-2H3. The van der Waals surface area contributed by atoms with E-state index in [1.54, 1.807) is 7.11 Å². The summed E-state index contributed by atoms with van der Waals surface area (Å²) in [4.78, 5) is 14.5. The van der Waals surface area contributed by atoms with Crippen molar-refractivity contribution in [3.8, 4) is 11.8 Å². The number of hydrogen-bond donors (Lipinski definition) is 1. The summed E-state index contributed by atoms with van der Waals surface area (Å²) < 4.78 is 5.54. The largest absolute Gasteiger partial charge is 0.377 e. The number of hydrogen-bond acceptors (Lipinski definition) is 3. The summed E-state index contributed by atoms with van der Waals surface area (Å²) in [6.07, 6.45) is 1.94. The number of carbonyl (C=O) groups excluding carboxylic acids is 1. The van der Waals surface area contributed by atoms with Crippen LogP contribution in [0.2, 0.25) is 0 Å². The van der Waals surface area contributed by atoms with Crippen molar-refractivity contribution in [3.63, 3.8) is 0 Å². The Kier molecular flexibility index (Phi) is 5.00. The van der Waals surface area contributed by atoms with Gasteiger partial charge in [-0.05, 0) is 38.0 Å². The van der Waals surface area contributed by atoms with Crippen LogP contribution < -0.4 is 5.73 Å². The first-order valence-electron chi connectivity index (χ1n) is 7.21. The van der Waals surface area contributed by atoms with Gasteiger partial charge < -0.3 is 15.4 Å². The smallest absolute Gasteiger partial charge is 0.253 e. The van der Waals surface area contributed by atoms with Gasteiger partial charge in [0.2, 0.25) is 0 Å². The number of nitrogens with two attached hydrogens (primary N) is 1. The van der Waals surface area contributed by atoms with E-state index in [-0.39, 0.29) is 11.5 Å². The number of amides is 1. The molecule has 4 heteroatoms. The predicted octanol–water partition coefficient (Wildman–Crippen LogP) is 1.64. The predicted molar refractivity (Wildman–Crippen MR) is 82.9 cm³/mol. The summed E-state index contributed by atoms with van der Waals surface area (Å²) in [5.41, 5.74) is 6.61. The van der Waals surface area contributed by atoms with Gasteiger partial charge in [0, 0.05) is 31.3 Å². The van der Waals surface area contributed by atoms with Gasteiger partial charge in [-0.15, -0.1) is 0 Å². The molecule has 1 aromatic carbocycles. The molecule has 1 saturated heterocycles.